The van der Waals surface area contributed by atoms with Crippen LogP contribution in [0.2, 0.25) is 0 Å². The van der Waals surface area contributed by atoms with Crippen LogP contribution in [0.4, 0.5) is 0 Å². The molecule has 6 heteroatoms. The predicted molar refractivity (Wildman–Crippen MR) is 109 cm³/mol. The van der Waals surface area contributed by atoms with Gasteiger partial charge in [-0.2, -0.15) is 0 Å². The summed E-state index contributed by atoms with van der Waals surface area (Å²) in [4.78, 5) is 28.2. The summed E-state index contributed by atoms with van der Waals surface area (Å²) in [7, 11) is 0. The molecule has 0 saturated carbocycles. The number of hydrogen-bond acceptors (Lipinski definition) is 4. The molecule has 0 saturated heterocycles. The second-order valence-corrected chi connectivity index (χ2v) is 7.07. The van der Waals surface area contributed by atoms with Crippen molar-refractivity contribution in [2.45, 2.75) is 32.7 Å². The minimum atomic E-state index is -0.963. The molecule has 0 aliphatic heterocycles. The maximum atomic E-state index is 12.5. The molecule has 3 aromatic rings. The highest BCUT2D eigenvalue weighted by molar-refractivity contribution is 5.78. The number of nitrogens with zero attached hydrogens (tertiary/aromatic N) is 1. The van der Waals surface area contributed by atoms with Gasteiger partial charge in [0.15, 0.2) is 11.7 Å². The van der Waals surface area contributed by atoms with Gasteiger partial charge >= 0.3 is 5.97 Å². The number of carbonyl (C=O) groups excluding carboxylic acids is 1. The molecule has 150 valence electrons. The Morgan fingerprint density at radius 3 is 2.45 bits per heavy atom. The molecule has 0 fully saturated rings. The van der Waals surface area contributed by atoms with E-state index in [1.165, 1.54) is 0 Å². The molecule has 2 unspecified atom stereocenters. The van der Waals surface area contributed by atoms with Crippen molar-refractivity contribution in [1.29, 1.82) is 0 Å². The second kappa shape index (κ2) is 9.19. The summed E-state index contributed by atoms with van der Waals surface area (Å²) in [5, 5.41) is 12.2. The molecule has 29 heavy (non-hydrogen) atoms. The average molecular weight is 392 g/mol. The molecule has 0 aliphatic rings. The van der Waals surface area contributed by atoms with Gasteiger partial charge < -0.3 is 14.8 Å². The smallest absolute Gasteiger partial charge is 0.308 e. The summed E-state index contributed by atoms with van der Waals surface area (Å²) in [5.41, 5.74) is 2.85. The number of rotatable bonds is 8. The molecular formula is C23H24N2O4. The molecular weight excluding hydrogens is 368 g/mol. The van der Waals surface area contributed by atoms with Crippen molar-refractivity contribution in [1.82, 2.24) is 10.3 Å². The lowest BCUT2D eigenvalue weighted by atomic mass is 9.94. The van der Waals surface area contributed by atoms with Gasteiger partial charge in [0.1, 0.15) is 0 Å². The molecule has 3 rings (SSSR count). The van der Waals surface area contributed by atoms with Gasteiger partial charge in [0.2, 0.25) is 5.91 Å². The number of aromatic nitrogens is 1. The highest BCUT2D eigenvalue weighted by Gasteiger charge is 2.26. The van der Waals surface area contributed by atoms with Gasteiger partial charge in [-0.15, -0.1) is 0 Å². The van der Waals surface area contributed by atoms with Crippen molar-refractivity contribution in [2.75, 3.05) is 0 Å². The molecule has 0 aliphatic carbocycles. The van der Waals surface area contributed by atoms with Gasteiger partial charge in [-0.3, -0.25) is 9.59 Å². The number of nitrogens with one attached hydrogen (secondary N) is 1. The van der Waals surface area contributed by atoms with E-state index in [0.29, 0.717) is 18.1 Å². The first-order chi connectivity index (χ1) is 13.9. The fourth-order valence-corrected chi connectivity index (χ4v) is 3.04. The summed E-state index contributed by atoms with van der Waals surface area (Å²) in [6.07, 6.45) is 2.14. The Morgan fingerprint density at radius 2 is 1.79 bits per heavy atom. The van der Waals surface area contributed by atoms with E-state index in [9.17, 15) is 14.7 Å². The summed E-state index contributed by atoms with van der Waals surface area (Å²) in [5.74, 6) is -0.840. The maximum Gasteiger partial charge on any atom is 0.308 e. The molecule has 2 aromatic carbocycles. The van der Waals surface area contributed by atoms with E-state index in [-0.39, 0.29) is 12.3 Å². The van der Waals surface area contributed by atoms with Crippen molar-refractivity contribution < 1.29 is 19.1 Å². The van der Waals surface area contributed by atoms with Crippen LogP contribution in [0.15, 0.2) is 65.2 Å². The Hall–Kier alpha value is -3.41. The molecule has 0 spiro atoms. The third-order valence-electron chi connectivity index (χ3n) is 4.82. The number of carbonyl (C=O) groups is 2. The number of hydrogen-bond donors (Lipinski definition) is 2. The minimum Gasteiger partial charge on any atom is -0.481 e. The molecule has 6 nitrogen and oxygen atoms in total. The summed E-state index contributed by atoms with van der Waals surface area (Å²) < 4.78 is 5.75. The lowest BCUT2D eigenvalue weighted by molar-refractivity contribution is -0.142. The van der Waals surface area contributed by atoms with Crippen LogP contribution in [0.25, 0.3) is 11.3 Å². The SMILES string of the molecule is Cc1ccc(-c2cnc(CCC(=O)NC(c3ccccc3)C(C)C(=O)O)o2)cc1. The van der Waals surface area contributed by atoms with Gasteiger partial charge in [0.25, 0.3) is 0 Å². The molecule has 1 amide bonds. The Morgan fingerprint density at radius 1 is 1.10 bits per heavy atom. The largest absolute Gasteiger partial charge is 0.481 e. The first-order valence-corrected chi connectivity index (χ1v) is 9.53. The van der Waals surface area contributed by atoms with Crippen molar-refractivity contribution in [3.05, 3.63) is 77.8 Å². The van der Waals surface area contributed by atoms with Crippen LogP contribution in [0.1, 0.15) is 36.4 Å². The Kier molecular flexibility index (Phi) is 6.44. The van der Waals surface area contributed by atoms with Crippen LogP contribution in [-0.2, 0) is 16.0 Å². The second-order valence-electron chi connectivity index (χ2n) is 7.07. The van der Waals surface area contributed by atoms with Crippen LogP contribution < -0.4 is 5.32 Å². The Balaban J connectivity index is 1.62. The molecule has 0 bridgehead atoms. The van der Waals surface area contributed by atoms with E-state index in [1.54, 1.807) is 13.1 Å². The zero-order valence-corrected chi connectivity index (χ0v) is 16.5. The van der Waals surface area contributed by atoms with Crippen LogP contribution in [0, 0.1) is 12.8 Å². The van der Waals surface area contributed by atoms with Crippen molar-refractivity contribution in [2.24, 2.45) is 5.92 Å². The summed E-state index contributed by atoms with van der Waals surface area (Å²) >= 11 is 0. The van der Waals surface area contributed by atoms with E-state index in [4.69, 9.17) is 4.42 Å². The summed E-state index contributed by atoms with van der Waals surface area (Å²) in [6, 6.07) is 16.4. The fourth-order valence-electron chi connectivity index (χ4n) is 3.04. The number of amides is 1. The molecule has 0 radical (unpaired) electrons. The quantitative estimate of drug-likeness (QED) is 0.600. The van der Waals surface area contributed by atoms with Crippen LogP contribution in [0.5, 0.6) is 0 Å². The molecule has 2 N–H and O–H groups in total. The van der Waals surface area contributed by atoms with E-state index < -0.39 is 17.9 Å². The number of aliphatic carboxylic acids is 1. The van der Waals surface area contributed by atoms with Crippen molar-refractivity contribution in [3.63, 3.8) is 0 Å². The maximum absolute atomic E-state index is 12.5. The number of carboxylic acids is 1. The lowest BCUT2D eigenvalue weighted by Gasteiger charge is -2.22. The van der Waals surface area contributed by atoms with Gasteiger partial charge in [-0.25, -0.2) is 4.98 Å². The standard InChI is InChI=1S/C23H24N2O4/c1-15-8-10-17(11-9-15)19-14-24-21(29-19)13-12-20(26)25-22(16(2)23(27)28)18-6-4-3-5-7-18/h3-11,14,16,22H,12-13H2,1-2H3,(H,25,26)(H,27,28). The molecule has 1 heterocycles. The third-order valence-corrected chi connectivity index (χ3v) is 4.82. The normalized spacial score (nSPS) is 12.9. The monoisotopic (exact) mass is 392 g/mol. The number of carboxylic acid groups (broad SMARTS) is 1. The molecule has 1 aromatic heterocycles. The van der Waals surface area contributed by atoms with E-state index >= 15 is 0 Å². The first kappa shape index (κ1) is 20.3. The van der Waals surface area contributed by atoms with Gasteiger partial charge in [0, 0.05) is 18.4 Å². The van der Waals surface area contributed by atoms with E-state index in [2.05, 4.69) is 10.3 Å². The van der Waals surface area contributed by atoms with Crippen molar-refractivity contribution >= 4 is 11.9 Å². The zero-order chi connectivity index (χ0) is 20.8. The van der Waals surface area contributed by atoms with Gasteiger partial charge in [-0.1, -0.05) is 60.2 Å². The van der Waals surface area contributed by atoms with Gasteiger partial charge in [-0.05, 0) is 19.4 Å². The topological polar surface area (TPSA) is 92.4 Å². The number of aryl methyl sites for hydroxylation is 2. The third kappa shape index (κ3) is 5.31. The average Bonchev–Trinajstić information content (AvgIpc) is 3.20. The number of oxazole rings is 1. The van der Waals surface area contributed by atoms with Gasteiger partial charge in [0.05, 0.1) is 18.2 Å². The highest BCUT2D eigenvalue weighted by Crippen LogP contribution is 2.23. The molecule has 2 atom stereocenters. The van der Waals surface area contributed by atoms with Crippen LogP contribution in [0.3, 0.4) is 0 Å². The lowest BCUT2D eigenvalue weighted by Crippen LogP contribution is -2.35. The Labute approximate surface area is 169 Å². The van der Waals surface area contributed by atoms with Crippen LogP contribution >= 0.6 is 0 Å². The predicted octanol–water partition coefficient (Wildman–Crippen LogP) is 4.16. The van der Waals surface area contributed by atoms with E-state index in [1.807, 2.05) is 61.5 Å². The number of benzene rings is 2. The van der Waals surface area contributed by atoms with E-state index in [0.717, 1.165) is 16.7 Å². The first-order valence-electron chi connectivity index (χ1n) is 9.53. The Bertz CT molecular complexity index is 964. The minimum absolute atomic E-state index is 0.156. The zero-order valence-electron chi connectivity index (χ0n) is 16.5. The van der Waals surface area contributed by atoms with Crippen molar-refractivity contribution in [3.8, 4) is 11.3 Å². The van der Waals surface area contributed by atoms with Crippen LogP contribution in [-0.4, -0.2) is 22.0 Å². The summed E-state index contributed by atoms with van der Waals surface area (Å²) in [6.45, 7) is 3.60. The fraction of sp³-hybridized carbons (Fsp3) is 0.261. The highest BCUT2D eigenvalue weighted by atomic mass is 16.4.